The van der Waals surface area contributed by atoms with Gasteiger partial charge in [0, 0.05) is 16.1 Å². The summed E-state index contributed by atoms with van der Waals surface area (Å²) in [5.74, 6) is -0.158. The molecule has 1 heterocycles. The SMILES string of the molecule is Cc1coc2ccc(CS(=O)(=O)Cl)cc12. The summed E-state index contributed by atoms with van der Waals surface area (Å²) < 4.78 is 27.1. The highest BCUT2D eigenvalue weighted by molar-refractivity contribution is 8.13. The number of rotatable bonds is 2. The second kappa shape index (κ2) is 3.54. The Morgan fingerprint density at radius 3 is 2.80 bits per heavy atom. The van der Waals surface area contributed by atoms with Gasteiger partial charge in [0.1, 0.15) is 5.58 Å². The summed E-state index contributed by atoms with van der Waals surface area (Å²) in [5.41, 5.74) is 2.41. The first-order valence-corrected chi connectivity index (χ1v) is 6.82. The molecule has 5 heteroatoms. The van der Waals surface area contributed by atoms with Crippen molar-refractivity contribution in [3.05, 3.63) is 35.6 Å². The van der Waals surface area contributed by atoms with Crippen LogP contribution in [0.1, 0.15) is 11.1 Å². The van der Waals surface area contributed by atoms with Gasteiger partial charge in [-0.1, -0.05) is 6.07 Å². The Hall–Kier alpha value is -1.00. The predicted molar refractivity (Wildman–Crippen MR) is 59.4 cm³/mol. The number of hydrogen-bond donors (Lipinski definition) is 0. The lowest BCUT2D eigenvalue weighted by Gasteiger charge is -1.98. The highest BCUT2D eigenvalue weighted by Gasteiger charge is 2.09. The molecular weight excluding hydrogens is 236 g/mol. The molecule has 0 atom stereocenters. The summed E-state index contributed by atoms with van der Waals surface area (Å²) in [4.78, 5) is 0. The minimum absolute atomic E-state index is 0.158. The van der Waals surface area contributed by atoms with Crippen molar-refractivity contribution in [3.8, 4) is 0 Å². The molecule has 0 N–H and O–H groups in total. The van der Waals surface area contributed by atoms with Gasteiger partial charge in [0.2, 0.25) is 9.05 Å². The second-order valence-corrected chi connectivity index (χ2v) is 6.21. The standard InChI is InChI=1S/C10H9ClO3S/c1-7-5-14-10-3-2-8(4-9(7)10)6-15(11,12)13/h2-5H,6H2,1H3. The Morgan fingerprint density at radius 1 is 1.40 bits per heavy atom. The minimum atomic E-state index is -3.50. The molecule has 3 nitrogen and oxygen atoms in total. The summed E-state index contributed by atoms with van der Waals surface area (Å²) in [6.45, 7) is 1.91. The summed E-state index contributed by atoms with van der Waals surface area (Å²) in [6, 6.07) is 5.24. The van der Waals surface area contributed by atoms with Crippen LogP contribution in [0.3, 0.4) is 0 Å². The van der Waals surface area contributed by atoms with E-state index in [1.54, 1.807) is 24.5 Å². The highest BCUT2D eigenvalue weighted by atomic mass is 35.7. The fraction of sp³-hybridized carbons (Fsp3) is 0.200. The van der Waals surface area contributed by atoms with Gasteiger partial charge in [-0.25, -0.2) is 8.42 Å². The zero-order valence-electron chi connectivity index (χ0n) is 8.03. The Balaban J connectivity index is 2.51. The van der Waals surface area contributed by atoms with E-state index < -0.39 is 9.05 Å². The molecule has 0 aliphatic rings. The molecule has 0 radical (unpaired) electrons. The van der Waals surface area contributed by atoms with Crippen LogP contribution in [0.15, 0.2) is 28.9 Å². The molecule has 0 spiro atoms. The first kappa shape index (κ1) is 10.5. The third-order valence-electron chi connectivity index (χ3n) is 2.17. The number of hydrogen-bond acceptors (Lipinski definition) is 3. The van der Waals surface area contributed by atoms with Gasteiger partial charge in [0.05, 0.1) is 12.0 Å². The van der Waals surface area contributed by atoms with E-state index in [9.17, 15) is 8.42 Å². The van der Waals surface area contributed by atoms with Crippen molar-refractivity contribution in [2.75, 3.05) is 0 Å². The molecule has 0 unspecified atom stereocenters. The van der Waals surface area contributed by atoms with E-state index >= 15 is 0 Å². The zero-order chi connectivity index (χ0) is 11.1. The van der Waals surface area contributed by atoms with Gasteiger partial charge in [0.25, 0.3) is 0 Å². The smallest absolute Gasteiger partial charge is 0.236 e. The molecule has 0 saturated heterocycles. The number of aryl methyl sites for hydroxylation is 1. The Morgan fingerprint density at radius 2 is 2.13 bits per heavy atom. The van der Waals surface area contributed by atoms with Crippen LogP contribution >= 0.6 is 10.7 Å². The van der Waals surface area contributed by atoms with Gasteiger partial charge in [-0.05, 0) is 30.2 Å². The van der Waals surface area contributed by atoms with Crippen molar-refractivity contribution in [3.63, 3.8) is 0 Å². The number of furan rings is 1. The van der Waals surface area contributed by atoms with Crippen LogP contribution in [0.25, 0.3) is 11.0 Å². The molecule has 0 amide bonds. The van der Waals surface area contributed by atoms with Crippen LogP contribution in [0.4, 0.5) is 0 Å². The molecule has 1 aromatic heterocycles. The van der Waals surface area contributed by atoms with Crippen molar-refractivity contribution in [2.24, 2.45) is 0 Å². The lowest BCUT2D eigenvalue weighted by atomic mass is 10.1. The molecule has 0 fully saturated rings. The third kappa shape index (κ3) is 2.33. The van der Waals surface area contributed by atoms with Gasteiger partial charge < -0.3 is 4.42 Å². The number of fused-ring (bicyclic) bond motifs is 1. The van der Waals surface area contributed by atoms with Gasteiger partial charge >= 0.3 is 0 Å². The quantitative estimate of drug-likeness (QED) is 0.764. The summed E-state index contributed by atoms with van der Waals surface area (Å²) in [5, 5.41) is 0.924. The molecule has 15 heavy (non-hydrogen) atoms. The van der Waals surface area contributed by atoms with Crippen LogP contribution in [0.5, 0.6) is 0 Å². The first-order chi connectivity index (χ1) is 6.96. The van der Waals surface area contributed by atoms with Gasteiger partial charge in [-0.2, -0.15) is 0 Å². The molecule has 80 valence electrons. The molecule has 0 aliphatic carbocycles. The largest absolute Gasteiger partial charge is 0.464 e. The van der Waals surface area contributed by atoms with Crippen LogP contribution in [0, 0.1) is 6.92 Å². The van der Waals surface area contributed by atoms with Crippen LogP contribution in [-0.4, -0.2) is 8.42 Å². The van der Waals surface area contributed by atoms with E-state index in [2.05, 4.69) is 0 Å². The fourth-order valence-electron chi connectivity index (χ4n) is 1.49. The second-order valence-electron chi connectivity index (χ2n) is 3.43. The fourth-order valence-corrected chi connectivity index (χ4v) is 2.45. The average Bonchev–Trinajstić information content (AvgIpc) is 2.45. The topological polar surface area (TPSA) is 47.3 Å². The minimum Gasteiger partial charge on any atom is -0.464 e. The lowest BCUT2D eigenvalue weighted by Crippen LogP contribution is -1.94. The molecule has 2 rings (SSSR count). The van der Waals surface area contributed by atoms with Gasteiger partial charge in [0.15, 0.2) is 0 Å². The molecular formula is C10H9ClO3S. The van der Waals surface area contributed by atoms with Crippen molar-refractivity contribution in [1.82, 2.24) is 0 Å². The van der Waals surface area contributed by atoms with Crippen LogP contribution < -0.4 is 0 Å². The van der Waals surface area contributed by atoms with E-state index in [0.29, 0.717) is 5.56 Å². The lowest BCUT2D eigenvalue weighted by molar-refractivity contribution is 0.608. The summed E-state index contributed by atoms with van der Waals surface area (Å²) in [7, 11) is 1.68. The van der Waals surface area contributed by atoms with Crippen molar-refractivity contribution >= 4 is 30.7 Å². The molecule has 2 aromatic rings. The zero-order valence-corrected chi connectivity index (χ0v) is 9.60. The monoisotopic (exact) mass is 244 g/mol. The third-order valence-corrected chi connectivity index (χ3v) is 3.18. The Kier molecular flexibility index (Phi) is 2.48. The van der Waals surface area contributed by atoms with Gasteiger partial charge in [-0.3, -0.25) is 0 Å². The molecule has 1 aromatic carbocycles. The van der Waals surface area contributed by atoms with E-state index in [4.69, 9.17) is 15.1 Å². The maximum atomic E-state index is 10.9. The number of benzene rings is 1. The van der Waals surface area contributed by atoms with Crippen molar-refractivity contribution in [2.45, 2.75) is 12.7 Å². The van der Waals surface area contributed by atoms with E-state index in [1.165, 1.54) is 0 Å². The summed E-state index contributed by atoms with van der Waals surface area (Å²) in [6.07, 6.45) is 1.64. The Bertz CT molecular complexity index is 598. The van der Waals surface area contributed by atoms with E-state index in [1.807, 2.05) is 6.92 Å². The maximum absolute atomic E-state index is 10.9. The Labute approximate surface area is 92.1 Å². The summed E-state index contributed by atoms with van der Waals surface area (Å²) >= 11 is 0. The highest BCUT2D eigenvalue weighted by Crippen LogP contribution is 2.23. The maximum Gasteiger partial charge on any atom is 0.236 e. The van der Waals surface area contributed by atoms with Crippen LogP contribution in [-0.2, 0) is 14.8 Å². The van der Waals surface area contributed by atoms with Gasteiger partial charge in [-0.15, -0.1) is 0 Å². The molecule has 0 bridgehead atoms. The normalized spacial score (nSPS) is 12.1. The predicted octanol–water partition coefficient (Wildman–Crippen LogP) is 2.81. The molecule has 0 saturated carbocycles. The van der Waals surface area contributed by atoms with Crippen LogP contribution in [0.2, 0.25) is 0 Å². The number of halogens is 1. The molecule has 0 aliphatic heterocycles. The van der Waals surface area contributed by atoms with Crippen molar-refractivity contribution < 1.29 is 12.8 Å². The van der Waals surface area contributed by atoms with E-state index in [-0.39, 0.29) is 5.75 Å². The first-order valence-electron chi connectivity index (χ1n) is 4.35. The van der Waals surface area contributed by atoms with E-state index in [0.717, 1.165) is 16.5 Å². The average molecular weight is 245 g/mol. The van der Waals surface area contributed by atoms with Crippen molar-refractivity contribution in [1.29, 1.82) is 0 Å².